The van der Waals surface area contributed by atoms with Crippen LogP contribution in [0.2, 0.25) is 5.02 Å². The molecule has 1 fully saturated rings. The Morgan fingerprint density at radius 3 is 2.79 bits per heavy atom. The van der Waals surface area contributed by atoms with Crippen LogP contribution in [0.5, 0.6) is 0 Å². The number of hydrogen-bond acceptors (Lipinski definition) is 5. The second kappa shape index (κ2) is 11.3. The van der Waals surface area contributed by atoms with Gasteiger partial charge in [-0.3, -0.25) is 4.99 Å². The van der Waals surface area contributed by atoms with Crippen molar-refractivity contribution in [2.45, 2.75) is 24.5 Å². The van der Waals surface area contributed by atoms with Gasteiger partial charge in [0.25, 0.3) is 0 Å². The first kappa shape index (κ1) is 21.7. The Labute approximate surface area is 182 Å². The second-order valence-electron chi connectivity index (χ2n) is 6.81. The molecule has 8 heteroatoms. The van der Waals surface area contributed by atoms with Crippen LogP contribution >= 0.6 is 23.4 Å². The number of benzene rings is 1. The van der Waals surface area contributed by atoms with Gasteiger partial charge in [-0.1, -0.05) is 17.7 Å². The van der Waals surface area contributed by atoms with Gasteiger partial charge in [0.1, 0.15) is 5.82 Å². The molecule has 1 aromatic heterocycles. The van der Waals surface area contributed by atoms with Crippen LogP contribution in [0, 0.1) is 0 Å². The summed E-state index contributed by atoms with van der Waals surface area (Å²) in [6.07, 6.45) is 2.17. The molecule has 2 heterocycles. The van der Waals surface area contributed by atoms with Crippen molar-refractivity contribution in [1.29, 1.82) is 0 Å². The number of aliphatic imine (C=N–C) groups is 1. The Hall–Kier alpha value is -1.96. The Kier molecular flexibility index (Phi) is 8.46. The molecule has 0 amide bonds. The molecule has 0 bridgehead atoms. The Morgan fingerprint density at radius 1 is 1.28 bits per heavy atom. The molecule has 29 heavy (non-hydrogen) atoms. The van der Waals surface area contributed by atoms with E-state index in [2.05, 4.69) is 44.6 Å². The fourth-order valence-corrected chi connectivity index (χ4v) is 3.90. The lowest BCUT2D eigenvalue weighted by Crippen LogP contribution is -2.41. The fraction of sp³-hybridized carbons (Fsp3) is 0.429. The van der Waals surface area contributed by atoms with Gasteiger partial charge in [0, 0.05) is 55.1 Å². The minimum atomic E-state index is 0.249. The molecule has 6 nitrogen and oxygen atoms in total. The van der Waals surface area contributed by atoms with E-state index in [-0.39, 0.29) is 6.10 Å². The maximum absolute atomic E-state index is 5.92. The van der Waals surface area contributed by atoms with Crippen LogP contribution in [0.1, 0.15) is 12.5 Å². The van der Waals surface area contributed by atoms with E-state index < -0.39 is 0 Å². The highest BCUT2D eigenvalue weighted by atomic mass is 35.5. The molecule has 156 valence electrons. The van der Waals surface area contributed by atoms with Crippen molar-refractivity contribution >= 4 is 35.1 Å². The number of pyridine rings is 1. The van der Waals surface area contributed by atoms with E-state index in [1.807, 2.05) is 30.5 Å². The molecule has 1 aliphatic rings. The quantitative estimate of drug-likeness (QED) is 0.302. The number of halogens is 1. The molecule has 2 N–H and O–H groups in total. The van der Waals surface area contributed by atoms with Crippen molar-refractivity contribution in [3.8, 4) is 0 Å². The monoisotopic (exact) mass is 433 g/mol. The van der Waals surface area contributed by atoms with Crippen LogP contribution in [0.25, 0.3) is 0 Å². The van der Waals surface area contributed by atoms with Crippen LogP contribution in [-0.4, -0.2) is 56.1 Å². The van der Waals surface area contributed by atoms with E-state index in [0.29, 0.717) is 6.54 Å². The molecule has 1 saturated heterocycles. The van der Waals surface area contributed by atoms with Gasteiger partial charge in [-0.15, -0.1) is 11.8 Å². The number of morpholine rings is 1. The number of nitrogens with zero attached hydrogens (tertiary/aromatic N) is 3. The van der Waals surface area contributed by atoms with E-state index >= 15 is 0 Å². The molecule has 1 unspecified atom stereocenters. The number of anilines is 1. The normalized spacial score (nSPS) is 17.3. The zero-order chi connectivity index (χ0) is 20.5. The van der Waals surface area contributed by atoms with Gasteiger partial charge in [-0.05, 0) is 42.8 Å². The highest BCUT2D eigenvalue weighted by molar-refractivity contribution is 7.99. The fourth-order valence-electron chi connectivity index (χ4n) is 3.01. The molecular weight excluding hydrogens is 406 g/mol. The van der Waals surface area contributed by atoms with E-state index in [1.165, 1.54) is 4.90 Å². The van der Waals surface area contributed by atoms with Crippen molar-refractivity contribution in [1.82, 2.24) is 15.6 Å². The van der Waals surface area contributed by atoms with Crippen molar-refractivity contribution in [3.63, 3.8) is 0 Å². The van der Waals surface area contributed by atoms with E-state index in [9.17, 15) is 0 Å². The summed E-state index contributed by atoms with van der Waals surface area (Å²) in [6.45, 7) is 6.12. The first-order valence-electron chi connectivity index (χ1n) is 9.78. The van der Waals surface area contributed by atoms with E-state index in [4.69, 9.17) is 16.3 Å². The number of ether oxygens (including phenoxy) is 1. The Balaban J connectivity index is 1.39. The average Bonchev–Trinajstić information content (AvgIpc) is 2.75. The molecule has 3 rings (SSSR count). The van der Waals surface area contributed by atoms with Gasteiger partial charge in [0.15, 0.2) is 5.96 Å². The first-order valence-corrected chi connectivity index (χ1v) is 11.1. The molecule has 1 aromatic carbocycles. The van der Waals surface area contributed by atoms with Crippen LogP contribution in [0.15, 0.2) is 52.5 Å². The van der Waals surface area contributed by atoms with E-state index in [0.717, 1.165) is 54.4 Å². The Morgan fingerprint density at radius 2 is 2.10 bits per heavy atom. The maximum atomic E-state index is 5.92. The topological polar surface area (TPSA) is 61.8 Å². The molecule has 0 saturated carbocycles. The summed E-state index contributed by atoms with van der Waals surface area (Å²) >= 11 is 7.70. The smallest absolute Gasteiger partial charge is 0.191 e. The van der Waals surface area contributed by atoms with Gasteiger partial charge >= 0.3 is 0 Å². The predicted octanol–water partition coefficient (Wildman–Crippen LogP) is 3.42. The maximum Gasteiger partial charge on any atom is 0.191 e. The number of hydrogen-bond donors (Lipinski definition) is 2. The first-order chi connectivity index (χ1) is 14.1. The lowest BCUT2D eigenvalue weighted by molar-refractivity contribution is 0.0529. The number of nitrogens with one attached hydrogen (secondary N) is 2. The standard InChI is InChI=1S/C21H28ClN5OS/c1-16-15-27(10-11-28-16)20-8-3-17(13-25-20)14-26-21(23-2)24-9-12-29-19-6-4-18(22)5-7-19/h3-8,13,16H,9-12,14-15H2,1-2H3,(H2,23,24,26). The van der Waals surface area contributed by atoms with Gasteiger partial charge in [-0.2, -0.15) is 0 Å². The molecule has 1 aliphatic heterocycles. The van der Waals surface area contributed by atoms with Gasteiger partial charge in [0.05, 0.1) is 12.7 Å². The number of rotatable bonds is 7. The third-order valence-corrected chi connectivity index (χ3v) is 5.80. The predicted molar refractivity (Wildman–Crippen MR) is 122 cm³/mol. The summed E-state index contributed by atoms with van der Waals surface area (Å²) < 4.78 is 5.59. The number of guanidine groups is 1. The van der Waals surface area contributed by atoms with Crippen LogP contribution in [0.4, 0.5) is 5.82 Å². The summed E-state index contributed by atoms with van der Waals surface area (Å²) in [6, 6.07) is 12.1. The molecule has 2 aromatic rings. The van der Waals surface area contributed by atoms with E-state index in [1.54, 1.807) is 18.8 Å². The second-order valence-corrected chi connectivity index (χ2v) is 8.41. The van der Waals surface area contributed by atoms with Crippen molar-refractivity contribution < 1.29 is 4.74 Å². The van der Waals surface area contributed by atoms with Crippen LogP contribution in [-0.2, 0) is 11.3 Å². The molecule has 0 aliphatic carbocycles. The molecular formula is C21H28ClN5OS. The average molecular weight is 434 g/mol. The zero-order valence-electron chi connectivity index (χ0n) is 16.9. The highest BCUT2D eigenvalue weighted by Crippen LogP contribution is 2.19. The highest BCUT2D eigenvalue weighted by Gasteiger charge is 2.17. The van der Waals surface area contributed by atoms with Gasteiger partial charge in [-0.25, -0.2) is 4.98 Å². The Bertz CT molecular complexity index is 785. The van der Waals surface area contributed by atoms with Crippen molar-refractivity contribution in [2.75, 3.05) is 43.9 Å². The van der Waals surface area contributed by atoms with Crippen molar-refractivity contribution in [2.24, 2.45) is 4.99 Å². The van der Waals surface area contributed by atoms with Crippen LogP contribution in [0.3, 0.4) is 0 Å². The summed E-state index contributed by atoms with van der Waals surface area (Å²) in [4.78, 5) is 12.4. The minimum absolute atomic E-state index is 0.249. The third-order valence-electron chi connectivity index (χ3n) is 4.53. The lowest BCUT2D eigenvalue weighted by atomic mass is 10.2. The zero-order valence-corrected chi connectivity index (χ0v) is 18.5. The van der Waals surface area contributed by atoms with Gasteiger partial charge < -0.3 is 20.3 Å². The van der Waals surface area contributed by atoms with Crippen molar-refractivity contribution in [3.05, 3.63) is 53.2 Å². The minimum Gasteiger partial charge on any atom is -0.375 e. The lowest BCUT2D eigenvalue weighted by Gasteiger charge is -2.32. The van der Waals surface area contributed by atoms with Crippen LogP contribution < -0.4 is 15.5 Å². The molecule has 1 atom stereocenters. The third kappa shape index (κ3) is 7.10. The van der Waals surface area contributed by atoms with Gasteiger partial charge in [0.2, 0.25) is 0 Å². The number of aromatic nitrogens is 1. The SMILES string of the molecule is CN=C(NCCSc1ccc(Cl)cc1)NCc1ccc(N2CCOC(C)C2)nc1. The summed E-state index contributed by atoms with van der Waals surface area (Å²) in [5.74, 6) is 2.73. The molecule has 0 spiro atoms. The summed E-state index contributed by atoms with van der Waals surface area (Å²) in [7, 11) is 1.78. The summed E-state index contributed by atoms with van der Waals surface area (Å²) in [5.41, 5.74) is 1.12. The largest absolute Gasteiger partial charge is 0.375 e. The molecule has 0 radical (unpaired) electrons. The number of thioether (sulfide) groups is 1. The summed E-state index contributed by atoms with van der Waals surface area (Å²) in [5, 5.41) is 7.44.